The van der Waals surface area contributed by atoms with E-state index in [2.05, 4.69) is 0 Å². The number of hydrogen-bond donors (Lipinski definition) is 0. The highest BCUT2D eigenvalue weighted by atomic mass is 35.5. The van der Waals surface area contributed by atoms with Gasteiger partial charge in [0.25, 0.3) is 0 Å². The fourth-order valence-corrected chi connectivity index (χ4v) is 1.81. The molecule has 0 bridgehead atoms. The molecule has 0 aliphatic carbocycles. The van der Waals surface area contributed by atoms with Crippen LogP contribution >= 0.6 is 23.2 Å². The van der Waals surface area contributed by atoms with Crippen molar-refractivity contribution in [3.63, 3.8) is 0 Å². The van der Waals surface area contributed by atoms with Gasteiger partial charge in [-0.1, -0.05) is 53.5 Å². The average molecular weight is 241 g/mol. The summed E-state index contributed by atoms with van der Waals surface area (Å²) in [6.07, 6.45) is 0. The lowest BCUT2D eigenvalue weighted by Crippen LogP contribution is -1.83. The van der Waals surface area contributed by atoms with Crippen molar-refractivity contribution in [2.45, 2.75) is 0 Å². The Morgan fingerprint density at radius 1 is 0.933 bits per heavy atom. The maximum atomic E-state index is 13.2. The fraction of sp³-hybridized carbons (Fsp3) is 0. The van der Waals surface area contributed by atoms with Gasteiger partial charge in [0.2, 0.25) is 0 Å². The van der Waals surface area contributed by atoms with E-state index in [-0.39, 0.29) is 10.8 Å². The van der Waals surface area contributed by atoms with Gasteiger partial charge in [-0.2, -0.15) is 0 Å². The number of hydrogen-bond acceptors (Lipinski definition) is 0. The second kappa shape index (κ2) is 4.21. The third-order valence-corrected chi connectivity index (χ3v) is 2.88. The van der Waals surface area contributed by atoms with Crippen molar-refractivity contribution < 1.29 is 4.39 Å². The predicted molar refractivity (Wildman–Crippen MR) is 61.9 cm³/mol. The highest BCUT2D eigenvalue weighted by molar-refractivity contribution is 6.43. The molecule has 0 saturated heterocycles. The first kappa shape index (κ1) is 10.5. The lowest BCUT2D eigenvalue weighted by Gasteiger charge is -2.06. The molecule has 0 amide bonds. The second-order valence-electron chi connectivity index (χ2n) is 3.12. The minimum atomic E-state index is -0.386. The van der Waals surface area contributed by atoms with Crippen molar-refractivity contribution >= 4 is 23.2 Å². The molecule has 2 aromatic rings. The van der Waals surface area contributed by atoms with Crippen LogP contribution < -0.4 is 0 Å². The summed E-state index contributed by atoms with van der Waals surface area (Å²) in [6, 6.07) is 11.9. The van der Waals surface area contributed by atoms with Crippen LogP contribution in [0, 0.1) is 5.82 Å². The van der Waals surface area contributed by atoms with Gasteiger partial charge >= 0.3 is 0 Å². The van der Waals surface area contributed by atoms with Crippen molar-refractivity contribution in [1.29, 1.82) is 0 Å². The van der Waals surface area contributed by atoms with Crippen LogP contribution in [0.2, 0.25) is 10.0 Å². The summed E-state index contributed by atoms with van der Waals surface area (Å²) in [7, 11) is 0. The van der Waals surface area contributed by atoms with Crippen molar-refractivity contribution in [2.75, 3.05) is 0 Å². The van der Waals surface area contributed by atoms with Crippen molar-refractivity contribution in [3.8, 4) is 11.1 Å². The first-order valence-electron chi connectivity index (χ1n) is 4.38. The van der Waals surface area contributed by atoms with Crippen LogP contribution in [-0.4, -0.2) is 0 Å². The minimum absolute atomic E-state index is 0.232. The first-order valence-corrected chi connectivity index (χ1v) is 5.14. The van der Waals surface area contributed by atoms with Gasteiger partial charge < -0.3 is 0 Å². The van der Waals surface area contributed by atoms with E-state index in [1.807, 2.05) is 30.3 Å². The summed E-state index contributed by atoms with van der Waals surface area (Å²) >= 11 is 11.8. The molecule has 2 rings (SSSR count). The molecule has 0 spiro atoms. The van der Waals surface area contributed by atoms with Gasteiger partial charge in [0.05, 0.1) is 10.0 Å². The molecule has 2 aromatic carbocycles. The van der Waals surface area contributed by atoms with Gasteiger partial charge in [0.1, 0.15) is 5.82 Å². The van der Waals surface area contributed by atoms with E-state index in [4.69, 9.17) is 23.2 Å². The highest BCUT2D eigenvalue weighted by Crippen LogP contribution is 2.34. The molecule has 0 fully saturated rings. The Hall–Kier alpha value is -1.05. The van der Waals surface area contributed by atoms with Gasteiger partial charge in [0, 0.05) is 5.56 Å². The molecule has 15 heavy (non-hydrogen) atoms. The Morgan fingerprint density at radius 2 is 1.60 bits per heavy atom. The molecule has 0 radical (unpaired) electrons. The molecular weight excluding hydrogens is 234 g/mol. The molecule has 0 heterocycles. The summed E-state index contributed by atoms with van der Waals surface area (Å²) < 4.78 is 13.2. The molecular formula is C12H7Cl2F. The van der Waals surface area contributed by atoms with Crippen molar-refractivity contribution in [3.05, 3.63) is 58.3 Å². The first-order chi connectivity index (χ1) is 7.18. The molecule has 0 saturated carbocycles. The molecule has 0 atom stereocenters. The quantitative estimate of drug-likeness (QED) is 0.629. The van der Waals surface area contributed by atoms with Crippen LogP contribution in [0.1, 0.15) is 0 Å². The van der Waals surface area contributed by atoms with E-state index >= 15 is 0 Å². The molecule has 3 heteroatoms. The van der Waals surface area contributed by atoms with Gasteiger partial charge in [-0.3, -0.25) is 0 Å². The van der Waals surface area contributed by atoms with Crippen molar-refractivity contribution in [1.82, 2.24) is 0 Å². The maximum absolute atomic E-state index is 13.2. The normalized spacial score (nSPS) is 10.3. The van der Waals surface area contributed by atoms with Gasteiger partial charge in [-0.15, -0.1) is 0 Å². The van der Waals surface area contributed by atoms with Crippen LogP contribution in [0.5, 0.6) is 0 Å². The van der Waals surface area contributed by atoms with Gasteiger partial charge in [-0.05, 0) is 17.7 Å². The summed E-state index contributed by atoms with van der Waals surface area (Å²) in [5.41, 5.74) is 1.46. The van der Waals surface area contributed by atoms with E-state index in [0.29, 0.717) is 10.6 Å². The summed E-state index contributed by atoms with van der Waals surface area (Å²) in [4.78, 5) is 0. The number of halogens is 3. The third-order valence-electron chi connectivity index (χ3n) is 2.08. The lowest BCUT2D eigenvalue weighted by atomic mass is 10.1. The van der Waals surface area contributed by atoms with Gasteiger partial charge in [0.15, 0.2) is 0 Å². The summed E-state index contributed by atoms with van der Waals surface area (Å²) in [6.45, 7) is 0. The summed E-state index contributed by atoms with van der Waals surface area (Å²) in [5, 5.41) is 0.611. The monoisotopic (exact) mass is 240 g/mol. The molecule has 0 unspecified atom stereocenters. The minimum Gasteiger partial charge on any atom is -0.207 e. The van der Waals surface area contributed by atoms with E-state index < -0.39 is 0 Å². The topological polar surface area (TPSA) is 0 Å². The molecule has 0 nitrogen and oxygen atoms in total. The number of rotatable bonds is 1. The Morgan fingerprint density at radius 3 is 2.27 bits per heavy atom. The van der Waals surface area contributed by atoms with Crippen LogP contribution in [0.15, 0.2) is 42.5 Å². The smallest absolute Gasteiger partial charge is 0.125 e. The standard InChI is InChI=1S/C12H7Cl2F/c13-11-7-9(15)6-10(12(11)14)8-4-2-1-3-5-8/h1-7H. The molecule has 76 valence electrons. The third kappa shape index (κ3) is 2.14. The average Bonchev–Trinajstić information content (AvgIpc) is 2.24. The SMILES string of the molecule is Fc1cc(Cl)c(Cl)c(-c2ccccc2)c1. The van der Waals surface area contributed by atoms with E-state index in [9.17, 15) is 4.39 Å². The Labute approximate surface area is 97.3 Å². The Bertz CT molecular complexity index is 480. The molecule has 0 aliphatic heterocycles. The predicted octanol–water partition coefficient (Wildman–Crippen LogP) is 4.80. The zero-order valence-corrected chi connectivity index (χ0v) is 9.19. The lowest BCUT2D eigenvalue weighted by molar-refractivity contribution is 0.628. The van der Waals surface area contributed by atoms with Crippen LogP contribution in [0.4, 0.5) is 4.39 Å². The fourth-order valence-electron chi connectivity index (χ4n) is 1.38. The van der Waals surface area contributed by atoms with Crippen LogP contribution in [0.3, 0.4) is 0 Å². The summed E-state index contributed by atoms with van der Waals surface area (Å²) in [5.74, 6) is -0.386. The molecule has 0 aromatic heterocycles. The second-order valence-corrected chi connectivity index (χ2v) is 3.90. The Balaban J connectivity index is 2.63. The molecule has 0 aliphatic rings. The zero-order chi connectivity index (χ0) is 10.8. The number of benzene rings is 2. The van der Waals surface area contributed by atoms with Gasteiger partial charge in [-0.25, -0.2) is 4.39 Å². The largest absolute Gasteiger partial charge is 0.207 e. The zero-order valence-electron chi connectivity index (χ0n) is 7.68. The van der Waals surface area contributed by atoms with E-state index in [0.717, 1.165) is 5.56 Å². The van der Waals surface area contributed by atoms with E-state index in [1.165, 1.54) is 12.1 Å². The highest BCUT2D eigenvalue weighted by Gasteiger charge is 2.09. The van der Waals surface area contributed by atoms with Crippen LogP contribution in [-0.2, 0) is 0 Å². The van der Waals surface area contributed by atoms with E-state index in [1.54, 1.807) is 0 Å². The maximum Gasteiger partial charge on any atom is 0.125 e. The van der Waals surface area contributed by atoms with Crippen molar-refractivity contribution in [2.24, 2.45) is 0 Å². The van der Waals surface area contributed by atoms with Crippen LogP contribution in [0.25, 0.3) is 11.1 Å². The molecule has 0 N–H and O–H groups in total. The Kier molecular flexibility index (Phi) is 2.94.